The van der Waals surface area contributed by atoms with Gasteiger partial charge in [0.1, 0.15) is 6.54 Å². The monoisotopic (exact) mass is 311 g/mol. The summed E-state index contributed by atoms with van der Waals surface area (Å²) in [7, 11) is 1.67. The maximum absolute atomic E-state index is 12.5. The fraction of sp³-hybridized carbons (Fsp3) is 0.235. The van der Waals surface area contributed by atoms with Crippen LogP contribution in [-0.4, -0.2) is 40.9 Å². The highest BCUT2D eigenvalue weighted by atomic mass is 16.2. The van der Waals surface area contributed by atoms with Gasteiger partial charge in [0, 0.05) is 37.1 Å². The number of nitrogens with zero attached hydrogens (tertiary/aromatic N) is 3. The van der Waals surface area contributed by atoms with Crippen LogP contribution in [0, 0.1) is 0 Å². The number of amides is 2. The number of fused-ring (bicyclic) bond motifs is 1. The molecule has 1 aliphatic heterocycles. The van der Waals surface area contributed by atoms with Crippen molar-refractivity contribution in [2.24, 2.45) is 7.05 Å². The molecule has 1 saturated heterocycles. The number of benzene rings is 1. The quantitative estimate of drug-likeness (QED) is 0.774. The van der Waals surface area contributed by atoms with Crippen LogP contribution in [0.2, 0.25) is 0 Å². The topological polar surface area (TPSA) is 62.6 Å². The first-order valence-corrected chi connectivity index (χ1v) is 7.33. The first kappa shape index (κ1) is 15.0. The SMILES string of the molecule is C=CC(=O)N1CCN(c2cn(C)c(=O)c3ccccc23)C(=O)C1. The van der Waals surface area contributed by atoms with Crippen LogP contribution in [0.15, 0.2) is 47.9 Å². The highest BCUT2D eigenvalue weighted by Crippen LogP contribution is 2.25. The van der Waals surface area contributed by atoms with Crippen LogP contribution >= 0.6 is 0 Å². The largest absolute Gasteiger partial charge is 0.328 e. The average molecular weight is 311 g/mol. The van der Waals surface area contributed by atoms with Crippen molar-refractivity contribution < 1.29 is 9.59 Å². The Morgan fingerprint density at radius 1 is 1.17 bits per heavy atom. The molecule has 2 heterocycles. The predicted octanol–water partition coefficient (Wildman–Crippen LogP) is 0.900. The normalized spacial score (nSPS) is 15.1. The summed E-state index contributed by atoms with van der Waals surface area (Å²) in [5.41, 5.74) is 0.593. The zero-order valence-corrected chi connectivity index (χ0v) is 12.9. The molecule has 0 saturated carbocycles. The van der Waals surface area contributed by atoms with E-state index in [0.29, 0.717) is 24.2 Å². The number of aromatic nitrogens is 1. The van der Waals surface area contributed by atoms with E-state index >= 15 is 0 Å². The van der Waals surface area contributed by atoms with E-state index in [2.05, 4.69) is 6.58 Å². The maximum atomic E-state index is 12.5. The summed E-state index contributed by atoms with van der Waals surface area (Å²) in [5, 5.41) is 1.32. The van der Waals surface area contributed by atoms with Gasteiger partial charge in [-0.2, -0.15) is 0 Å². The Hall–Kier alpha value is -2.89. The molecular formula is C17H17N3O3. The van der Waals surface area contributed by atoms with Gasteiger partial charge in [-0.25, -0.2) is 0 Å². The Bertz CT molecular complexity index is 869. The summed E-state index contributed by atoms with van der Waals surface area (Å²) >= 11 is 0. The second-order valence-corrected chi connectivity index (χ2v) is 5.49. The highest BCUT2D eigenvalue weighted by molar-refractivity contribution is 6.05. The van der Waals surface area contributed by atoms with Crippen molar-refractivity contribution in [2.45, 2.75) is 0 Å². The third kappa shape index (κ3) is 2.52. The summed E-state index contributed by atoms with van der Waals surface area (Å²) in [6.07, 6.45) is 2.89. The standard InChI is InChI=1S/C17H17N3O3/c1-3-15(21)19-8-9-20(16(22)11-19)14-10-18(2)17(23)13-7-5-4-6-12(13)14/h3-7,10H,1,8-9,11H2,2H3. The van der Waals surface area contributed by atoms with Gasteiger partial charge >= 0.3 is 0 Å². The van der Waals surface area contributed by atoms with E-state index in [4.69, 9.17) is 0 Å². The van der Waals surface area contributed by atoms with Gasteiger partial charge in [0.2, 0.25) is 11.8 Å². The number of anilines is 1. The predicted molar refractivity (Wildman–Crippen MR) is 88.3 cm³/mol. The molecule has 0 radical (unpaired) electrons. The zero-order chi connectivity index (χ0) is 16.6. The first-order valence-electron chi connectivity index (χ1n) is 7.33. The molecule has 6 heteroatoms. The van der Waals surface area contributed by atoms with Crippen LogP contribution in [0.3, 0.4) is 0 Å². The van der Waals surface area contributed by atoms with Gasteiger partial charge in [0.05, 0.1) is 5.69 Å². The molecule has 2 amide bonds. The number of piperazine rings is 1. The fourth-order valence-corrected chi connectivity index (χ4v) is 2.85. The Morgan fingerprint density at radius 2 is 1.87 bits per heavy atom. The lowest BCUT2D eigenvalue weighted by Crippen LogP contribution is -2.52. The van der Waals surface area contributed by atoms with Gasteiger partial charge in [0.25, 0.3) is 5.56 Å². The van der Waals surface area contributed by atoms with Crippen molar-refractivity contribution in [3.05, 3.63) is 53.5 Å². The number of carbonyl (C=O) groups is 2. The van der Waals surface area contributed by atoms with E-state index in [0.717, 1.165) is 5.39 Å². The van der Waals surface area contributed by atoms with E-state index < -0.39 is 0 Å². The molecule has 23 heavy (non-hydrogen) atoms. The average Bonchev–Trinajstić information content (AvgIpc) is 2.57. The van der Waals surface area contributed by atoms with Crippen molar-refractivity contribution in [3.8, 4) is 0 Å². The third-order valence-electron chi connectivity index (χ3n) is 4.07. The molecule has 1 aromatic heterocycles. The molecule has 0 atom stereocenters. The van der Waals surface area contributed by atoms with E-state index in [1.807, 2.05) is 12.1 Å². The molecule has 0 unspecified atom stereocenters. The Kier molecular flexibility index (Phi) is 3.73. The highest BCUT2D eigenvalue weighted by Gasteiger charge is 2.28. The molecule has 1 aliphatic rings. The van der Waals surface area contributed by atoms with Gasteiger partial charge < -0.3 is 14.4 Å². The number of carbonyl (C=O) groups excluding carboxylic acids is 2. The molecule has 6 nitrogen and oxygen atoms in total. The Labute approximate surface area is 133 Å². The molecule has 118 valence electrons. The van der Waals surface area contributed by atoms with Crippen molar-refractivity contribution >= 4 is 28.3 Å². The Balaban J connectivity index is 2.03. The molecule has 0 bridgehead atoms. The van der Waals surface area contributed by atoms with E-state index in [1.54, 1.807) is 30.3 Å². The molecule has 0 N–H and O–H groups in total. The molecule has 0 spiro atoms. The van der Waals surface area contributed by atoms with Crippen LogP contribution in [0.4, 0.5) is 5.69 Å². The summed E-state index contributed by atoms with van der Waals surface area (Å²) in [6, 6.07) is 7.23. The molecular weight excluding hydrogens is 294 g/mol. The lowest BCUT2D eigenvalue weighted by molar-refractivity contribution is -0.133. The summed E-state index contributed by atoms with van der Waals surface area (Å²) in [5.74, 6) is -0.418. The smallest absolute Gasteiger partial charge is 0.258 e. The summed E-state index contributed by atoms with van der Waals surface area (Å²) < 4.78 is 1.48. The van der Waals surface area contributed by atoms with Crippen LogP contribution in [-0.2, 0) is 16.6 Å². The molecule has 3 rings (SSSR count). The molecule has 1 aromatic carbocycles. The minimum absolute atomic E-state index is 0.0159. The summed E-state index contributed by atoms with van der Waals surface area (Å²) in [4.78, 5) is 39.5. The van der Waals surface area contributed by atoms with Gasteiger partial charge in [-0.05, 0) is 12.1 Å². The van der Waals surface area contributed by atoms with Crippen LogP contribution in [0.25, 0.3) is 10.8 Å². The van der Waals surface area contributed by atoms with Crippen molar-refractivity contribution in [1.82, 2.24) is 9.47 Å². The maximum Gasteiger partial charge on any atom is 0.258 e. The number of aryl methyl sites for hydroxylation is 1. The number of pyridine rings is 1. The molecule has 2 aromatic rings. The lowest BCUT2D eigenvalue weighted by Gasteiger charge is -2.34. The van der Waals surface area contributed by atoms with Crippen LogP contribution < -0.4 is 10.5 Å². The van der Waals surface area contributed by atoms with Crippen molar-refractivity contribution in [3.63, 3.8) is 0 Å². The third-order valence-corrected chi connectivity index (χ3v) is 4.07. The van der Waals surface area contributed by atoms with Crippen molar-refractivity contribution in [1.29, 1.82) is 0 Å². The minimum atomic E-state index is -0.247. The number of hydrogen-bond acceptors (Lipinski definition) is 3. The summed E-state index contributed by atoms with van der Waals surface area (Å²) in [6.45, 7) is 4.29. The van der Waals surface area contributed by atoms with E-state index in [1.165, 1.54) is 15.5 Å². The van der Waals surface area contributed by atoms with Gasteiger partial charge in [-0.3, -0.25) is 14.4 Å². The van der Waals surface area contributed by atoms with Gasteiger partial charge in [0.15, 0.2) is 0 Å². The molecule has 0 aliphatic carbocycles. The zero-order valence-electron chi connectivity index (χ0n) is 12.9. The van der Waals surface area contributed by atoms with Gasteiger partial charge in [-0.15, -0.1) is 0 Å². The molecule has 1 fully saturated rings. The van der Waals surface area contributed by atoms with Crippen molar-refractivity contribution in [2.75, 3.05) is 24.5 Å². The number of rotatable bonds is 2. The van der Waals surface area contributed by atoms with Crippen LogP contribution in [0.1, 0.15) is 0 Å². The lowest BCUT2D eigenvalue weighted by atomic mass is 10.1. The number of hydrogen-bond donors (Lipinski definition) is 0. The minimum Gasteiger partial charge on any atom is -0.328 e. The second-order valence-electron chi connectivity index (χ2n) is 5.49. The first-order chi connectivity index (χ1) is 11.0. The van der Waals surface area contributed by atoms with Crippen LogP contribution in [0.5, 0.6) is 0 Å². The van der Waals surface area contributed by atoms with E-state index in [9.17, 15) is 14.4 Å². The van der Waals surface area contributed by atoms with Gasteiger partial charge in [-0.1, -0.05) is 24.8 Å². The Morgan fingerprint density at radius 3 is 2.52 bits per heavy atom. The fourth-order valence-electron chi connectivity index (χ4n) is 2.85. The van der Waals surface area contributed by atoms with E-state index in [-0.39, 0.29) is 23.9 Å². The second kappa shape index (κ2) is 5.72.